The lowest BCUT2D eigenvalue weighted by atomic mass is 10.2. The van der Waals surface area contributed by atoms with Crippen molar-refractivity contribution in [1.29, 1.82) is 0 Å². The van der Waals surface area contributed by atoms with Gasteiger partial charge < -0.3 is 15.1 Å². The monoisotopic (exact) mass is 399 g/mol. The van der Waals surface area contributed by atoms with Gasteiger partial charge in [0.1, 0.15) is 0 Å². The average Bonchev–Trinajstić information content (AvgIpc) is 3.30. The second-order valence-electron chi connectivity index (χ2n) is 6.98. The summed E-state index contributed by atoms with van der Waals surface area (Å²) in [6.45, 7) is 7.03. The molecule has 0 aliphatic carbocycles. The standard InChI is InChI=1S/C21H29N5OS/c1-4-22-21(25(3)14-18-15-28-16(2)24-18)23-12-7-10-20(27)26-13-11-17-8-5-6-9-19(17)26/h5-6,8-9,15H,4,7,10-14H2,1-3H3,(H,22,23). The SMILES string of the molecule is CCNC(=NCCCC(=O)N1CCc2ccccc21)N(C)Cc1csc(C)n1. The van der Waals surface area contributed by atoms with Gasteiger partial charge in [0.15, 0.2) is 5.96 Å². The molecule has 28 heavy (non-hydrogen) atoms. The molecule has 1 aromatic carbocycles. The fourth-order valence-electron chi connectivity index (χ4n) is 3.42. The van der Waals surface area contributed by atoms with Crippen molar-refractivity contribution in [3.8, 4) is 0 Å². The van der Waals surface area contributed by atoms with Crippen LogP contribution in [0.15, 0.2) is 34.6 Å². The summed E-state index contributed by atoms with van der Waals surface area (Å²) >= 11 is 1.66. The first kappa shape index (κ1) is 20.3. The maximum absolute atomic E-state index is 12.6. The first-order chi connectivity index (χ1) is 13.6. The Balaban J connectivity index is 1.50. The Morgan fingerprint density at radius 1 is 1.39 bits per heavy atom. The highest BCUT2D eigenvalue weighted by Crippen LogP contribution is 2.28. The maximum atomic E-state index is 12.6. The van der Waals surface area contributed by atoms with Crippen molar-refractivity contribution in [2.45, 2.75) is 39.7 Å². The molecule has 1 aromatic heterocycles. The van der Waals surface area contributed by atoms with Crippen molar-refractivity contribution in [2.75, 3.05) is 31.6 Å². The van der Waals surface area contributed by atoms with Crippen molar-refractivity contribution in [1.82, 2.24) is 15.2 Å². The van der Waals surface area contributed by atoms with Gasteiger partial charge >= 0.3 is 0 Å². The minimum Gasteiger partial charge on any atom is -0.357 e. The number of hydrogen-bond donors (Lipinski definition) is 1. The van der Waals surface area contributed by atoms with Crippen LogP contribution in [0.25, 0.3) is 0 Å². The lowest BCUT2D eigenvalue weighted by molar-refractivity contribution is -0.118. The maximum Gasteiger partial charge on any atom is 0.227 e. The number of carbonyl (C=O) groups excluding carboxylic acids is 1. The number of rotatable bonds is 7. The molecule has 1 aliphatic heterocycles. The van der Waals surface area contributed by atoms with Gasteiger partial charge in [0.2, 0.25) is 5.91 Å². The van der Waals surface area contributed by atoms with Gasteiger partial charge in [-0.15, -0.1) is 11.3 Å². The largest absolute Gasteiger partial charge is 0.357 e. The van der Waals surface area contributed by atoms with Gasteiger partial charge in [-0.05, 0) is 38.3 Å². The smallest absolute Gasteiger partial charge is 0.227 e. The van der Waals surface area contributed by atoms with Gasteiger partial charge in [0, 0.05) is 44.2 Å². The van der Waals surface area contributed by atoms with Crippen LogP contribution < -0.4 is 10.2 Å². The molecule has 0 fully saturated rings. The second-order valence-corrected chi connectivity index (χ2v) is 8.04. The topological polar surface area (TPSA) is 60.8 Å². The first-order valence-electron chi connectivity index (χ1n) is 9.87. The number of aliphatic imine (C=N–C) groups is 1. The molecule has 0 radical (unpaired) electrons. The van der Waals surface area contributed by atoms with Crippen molar-refractivity contribution in [3.05, 3.63) is 45.9 Å². The van der Waals surface area contributed by atoms with Crippen LogP contribution in [0, 0.1) is 6.92 Å². The zero-order chi connectivity index (χ0) is 19.9. The molecule has 150 valence electrons. The van der Waals surface area contributed by atoms with E-state index in [4.69, 9.17) is 4.99 Å². The Bertz CT molecular complexity index is 832. The highest BCUT2D eigenvalue weighted by Gasteiger charge is 2.23. The van der Waals surface area contributed by atoms with E-state index in [1.54, 1.807) is 11.3 Å². The predicted molar refractivity (Wildman–Crippen MR) is 116 cm³/mol. The summed E-state index contributed by atoms with van der Waals surface area (Å²) in [6.07, 6.45) is 2.22. The van der Waals surface area contributed by atoms with E-state index in [1.807, 2.05) is 37.1 Å². The number of hydrogen-bond acceptors (Lipinski definition) is 4. The molecule has 1 amide bonds. The molecule has 0 saturated heterocycles. The predicted octanol–water partition coefficient (Wildman–Crippen LogP) is 3.22. The number of thiazole rings is 1. The quantitative estimate of drug-likeness (QED) is 0.441. The van der Waals surface area contributed by atoms with Gasteiger partial charge in [0.05, 0.1) is 17.2 Å². The van der Waals surface area contributed by atoms with E-state index in [0.717, 1.165) is 54.8 Å². The minimum absolute atomic E-state index is 0.191. The molecule has 3 rings (SSSR count). The minimum atomic E-state index is 0.191. The molecular weight excluding hydrogens is 370 g/mol. The lowest BCUT2D eigenvalue weighted by Gasteiger charge is -2.21. The van der Waals surface area contributed by atoms with Crippen LogP contribution in [-0.2, 0) is 17.8 Å². The van der Waals surface area contributed by atoms with Crippen LogP contribution in [0.5, 0.6) is 0 Å². The molecule has 0 spiro atoms. The number of anilines is 1. The number of benzene rings is 1. The first-order valence-corrected chi connectivity index (χ1v) is 10.7. The van der Waals surface area contributed by atoms with E-state index in [-0.39, 0.29) is 5.91 Å². The second kappa shape index (κ2) is 9.68. The number of aromatic nitrogens is 1. The van der Waals surface area contributed by atoms with Gasteiger partial charge in [-0.3, -0.25) is 9.79 Å². The summed E-state index contributed by atoms with van der Waals surface area (Å²) < 4.78 is 0. The number of fused-ring (bicyclic) bond motifs is 1. The van der Waals surface area contributed by atoms with Crippen LogP contribution in [-0.4, -0.2) is 48.4 Å². The third-order valence-corrected chi connectivity index (χ3v) is 5.58. The Kier molecular flexibility index (Phi) is 7.03. The number of guanidine groups is 1. The van der Waals surface area contributed by atoms with E-state index in [9.17, 15) is 4.79 Å². The fraction of sp³-hybridized carbons (Fsp3) is 0.476. The molecule has 2 aromatic rings. The molecular formula is C21H29N5OS. The Labute approximate surface area is 171 Å². The number of amides is 1. The highest BCUT2D eigenvalue weighted by atomic mass is 32.1. The molecule has 0 unspecified atom stereocenters. The molecule has 7 heteroatoms. The molecule has 1 aliphatic rings. The number of para-hydroxylation sites is 1. The summed E-state index contributed by atoms with van der Waals surface area (Å²) in [5, 5.41) is 6.48. The number of nitrogens with one attached hydrogen (secondary N) is 1. The molecule has 1 N–H and O–H groups in total. The highest BCUT2D eigenvalue weighted by molar-refractivity contribution is 7.09. The van der Waals surface area contributed by atoms with E-state index >= 15 is 0 Å². The normalized spacial score (nSPS) is 13.5. The van der Waals surface area contributed by atoms with Gasteiger partial charge in [-0.2, -0.15) is 0 Å². The summed E-state index contributed by atoms with van der Waals surface area (Å²) in [6, 6.07) is 8.18. The summed E-state index contributed by atoms with van der Waals surface area (Å²) in [7, 11) is 2.02. The number of aryl methyl sites for hydroxylation is 1. The van der Waals surface area contributed by atoms with Gasteiger partial charge in [0.25, 0.3) is 0 Å². The Morgan fingerprint density at radius 2 is 2.21 bits per heavy atom. The summed E-state index contributed by atoms with van der Waals surface area (Å²) in [4.78, 5) is 25.8. The van der Waals surface area contributed by atoms with E-state index in [0.29, 0.717) is 13.0 Å². The third-order valence-electron chi connectivity index (χ3n) is 4.76. The van der Waals surface area contributed by atoms with E-state index in [1.165, 1.54) is 5.56 Å². The molecule has 0 saturated carbocycles. The van der Waals surface area contributed by atoms with Crippen LogP contribution in [0.1, 0.15) is 36.0 Å². The Hall–Kier alpha value is -2.41. The van der Waals surface area contributed by atoms with Gasteiger partial charge in [-0.1, -0.05) is 18.2 Å². The van der Waals surface area contributed by atoms with Crippen LogP contribution in [0.4, 0.5) is 5.69 Å². The number of nitrogens with zero attached hydrogens (tertiary/aromatic N) is 4. The molecule has 2 heterocycles. The molecule has 0 atom stereocenters. The van der Waals surface area contributed by atoms with Crippen molar-refractivity contribution in [2.24, 2.45) is 4.99 Å². The summed E-state index contributed by atoms with van der Waals surface area (Å²) in [5.74, 6) is 1.04. The van der Waals surface area contributed by atoms with Crippen molar-refractivity contribution in [3.63, 3.8) is 0 Å². The fourth-order valence-corrected chi connectivity index (χ4v) is 4.02. The Morgan fingerprint density at radius 3 is 2.96 bits per heavy atom. The average molecular weight is 400 g/mol. The summed E-state index contributed by atoms with van der Waals surface area (Å²) in [5.41, 5.74) is 3.39. The van der Waals surface area contributed by atoms with Crippen LogP contribution in [0.2, 0.25) is 0 Å². The van der Waals surface area contributed by atoms with E-state index in [2.05, 4.69) is 33.6 Å². The number of carbonyl (C=O) groups is 1. The zero-order valence-electron chi connectivity index (χ0n) is 16.9. The van der Waals surface area contributed by atoms with Gasteiger partial charge in [-0.25, -0.2) is 4.98 Å². The lowest BCUT2D eigenvalue weighted by Crippen LogP contribution is -2.38. The van der Waals surface area contributed by atoms with Crippen LogP contribution in [0.3, 0.4) is 0 Å². The zero-order valence-corrected chi connectivity index (χ0v) is 17.8. The molecule has 6 nitrogen and oxygen atoms in total. The third kappa shape index (κ3) is 5.10. The van der Waals surface area contributed by atoms with E-state index < -0.39 is 0 Å². The molecule has 0 bridgehead atoms. The van der Waals surface area contributed by atoms with Crippen molar-refractivity contribution < 1.29 is 4.79 Å². The van der Waals surface area contributed by atoms with Crippen molar-refractivity contribution >= 4 is 28.9 Å². The van der Waals surface area contributed by atoms with Crippen LogP contribution >= 0.6 is 11.3 Å².